The smallest absolute Gasteiger partial charge is 0.278 e. The minimum absolute atomic E-state index is 0.0432. The number of hydrogen-bond acceptors (Lipinski definition) is 4. The highest BCUT2D eigenvalue weighted by Gasteiger charge is 2.16. The van der Waals surface area contributed by atoms with E-state index in [1.165, 1.54) is 0 Å². The van der Waals surface area contributed by atoms with Gasteiger partial charge in [0.25, 0.3) is 5.69 Å². The van der Waals surface area contributed by atoms with Gasteiger partial charge >= 0.3 is 0 Å². The van der Waals surface area contributed by atoms with Gasteiger partial charge in [0.1, 0.15) is 0 Å². The Balaban J connectivity index is 2.40. The van der Waals surface area contributed by atoms with Crippen LogP contribution < -0.4 is 5.73 Å². The van der Waals surface area contributed by atoms with Gasteiger partial charge in [-0.25, -0.2) is 0 Å². The Morgan fingerprint density at radius 2 is 2.10 bits per heavy atom. The van der Waals surface area contributed by atoms with Gasteiger partial charge in [-0.2, -0.15) is 0 Å². The first kappa shape index (κ1) is 14.4. The number of nitro benzene ring substituents is 1. The summed E-state index contributed by atoms with van der Waals surface area (Å²) in [6.07, 6.45) is 3.26. The maximum absolute atomic E-state index is 11.0. The molecule has 0 saturated carbocycles. The summed E-state index contributed by atoms with van der Waals surface area (Å²) in [5.74, 6) is 0.530. The topological polar surface area (TPSA) is 82.0 Å². The lowest BCUT2D eigenvalue weighted by molar-refractivity contribution is -0.383. The zero-order valence-corrected chi connectivity index (χ0v) is 11.7. The van der Waals surface area contributed by atoms with E-state index in [4.69, 9.17) is 5.73 Å². The second-order valence-corrected chi connectivity index (χ2v) is 5.49. The van der Waals surface area contributed by atoms with Crippen LogP contribution in [-0.2, 0) is 6.42 Å². The van der Waals surface area contributed by atoms with Crippen molar-refractivity contribution in [2.45, 2.75) is 32.7 Å². The Hall–Kier alpha value is -2.01. The van der Waals surface area contributed by atoms with E-state index in [2.05, 4.69) is 18.8 Å². The molecule has 0 bridgehead atoms. The summed E-state index contributed by atoms with van der Waals surface area (Å²) in [5.41, 5.74) is 7.88. The monoisotopic (exact) mass is 273 g/mol. The molecule has 0 aliphatic heterocycles. The van der Waals surface area contributed by atoms with Gasteiger partial charge in [-0.1, -0.05) is 13.8 Å². The third kappa shape index (κ3) is 3.11. The molecule has 2 N–H and O–H groups in total. The molecule has 5 heteroatoms. The summed E-state index contributed by atoms with van der Waals surface area (Å²) in [5, 5.41) is 11.6. The van der Waals surface area contributed by atoms with Crippen molar-refractivity contribution in [1.29, 1.82) is 0 Å². The molecule has 2 aromatic rings. The molecule has 0 fully saturated rings. The SMILES string of the molecule is CC(C)CC(N)Cc1ccc([N+](=O)[O-])c2cccnc12. The fourth-order valence-electron chi connectivity index (χ4n) is 2.51. The molecule has 0 saturated heterocycles. The number of nitrogens with two attached hydrogens (primary N) is 1. The van der Waals surface area contributed by atoms with E-state index in [1.54, 1.807) is 30.5 Å². The summed E-state index contributed by atoms with van der Waals surface area (Å²) in [7, 11) is 0. The van der Waals surface area contributed by atoms with Crippen molar-refractivity contribution in [3.63, 3.8) is 0 Å². The number of aromatic nitrogens is 1. The normalized spacial score (nSPS) is 12.8. The van der Waals surface area contributed by atoms with E-state index in [0.717, 1.165) is 12.0 Å². The first-order chi connectivity index (χ1) is 9.49. The quantitative estimate of drug-likeness (QED) is 0.670. The molecular weight excluding hydrogens is 254 g/mol. The third-order valence-electron chi connectivity index (χ3n) is 3.28. The Bertz CT molecular complexity index is 626. The van der Waals surface area contributed by atoms with Crippen LogP contribution in [0.3, 0.4) is 0 Å². The van der Waals surface area contributed by atoms with Crippen LogP contribution in [-0.4, -0.2) is 15.9 Å². The van der Waals surface area contributed by atoms with E-state index in [-0.39, 0.29) is 16.7 Å². The Morgan fingerprint density at radius 3 is 2.75 bits per heavy atom. The number of nitro groups is 1. The zero-order valence-electron chi connectivity index (χ0n) is 11.7. The maximum Gasteiger partial charge on any atom is 0.278 e. The van der Waals surface area contributed by atoms with Crippen LogP contribution in [0.25, 0.3) is 10.9 Å². The summed E-state index contributed by atoms with van der Waals surface area (Å²) in [4.78, 5) is 15.0. The maximum atomic E-state index is 11.0. The van der Waals surface area contributed by atoms with Crippen LogP contribution in [0.4, 0.5) is 5.69 Å². The average Bonchev–Trinajstić information content (AvgIpc) is 2.37. The van der Waals surface area contributed by atoms with Crippen LogP contribution in [0, 0.1) is 16.0 Å². The van der Waals surface area contributed by atoms with Gasteiger partial charge in [-0.3, -0.25) is 15.1 Å². The number of rotatable bonds is 5. The van der Waals surface area contributed by atoms with E-state index >= 15 is 0 Å². The largest absolute Gasteiger partial charge is 0.327 e. The van der Waals surface area contributed by atoms with Crippen LogP contribution in [0.15, 0.2) is 30.5 Å². The second kappa shape index (κ2) is 5.96. The van der Waals surface area contributed by atoms with E-state index in [1.807, 2.05) is 0 Å². The molecule has 1 aromatic heterocycles. The van der Waals surface area contributed by atoms with Gasteiger partial charge in [-0.15, -0.1) is 0 Å². The third-order valence-corrected chi connectivity index (χ3v) is 3.28. The fraction of sp³-hybridized carbons (Fsp3) is 0.400. The number of fused-ring (bicyclic) bond motifs is 1. The average molecular weight is 273 g/mol. The minimum Gasteiger partial charge on any atom is -0.327 e. The predicted molar refractivity (Wildman–Crippen MR) is 79.5 cm³/mol. The van der Waals surface area contributed by atoms with Gasteiger partial charge in [0.2, 0.25) is 0 Å². The fourth-order valence-corrected chi connectivity index (χ4v) is 2.51. The molecule has 1 unspecified atom stereocenters. The summed E-state index contributed by atoms with van der Waals surface area (Å²) < 4.78 is 0. The number of nitrogens with zero attached hydrogens (tertiary/aromatic N) is 2. The van der Waals surface area contributed by atoms with Gasteiger partial charge in [0.15, 0.2) is 0 Å². The molecule has 106 valence electrons. The van der Waals surface area contributed by atoms with E-state index in [0.29, 0.717) is 23.2 Å². The number of pyridine rings is 1. The van der Waals surface area contributed by atoms with Crippen molar-refractivity contribution in [3.05, 3.63) is 46.1 Å². The molecule has 2 rings (SSSR count). The predicted octanol–water partition coefficient (Wildman–Crippen LogP) is 3.06. The lowest BCUT2D eigenvalue weighted by Gasteiger charge is -2.15. The zero-order chi connectivity index (χ0) is 14.7. The second-order valence-electron chi connectivity index (χ2n) is 5.49. The van der Waals surface area contributed by atoms with Gasteiger partial charge < -0.3 is 5.73 Å². The van der Waals surface area contributed by atoms with Crippen molar-refractivity contribution in [2.24, 2.45) is 11.7 Å². The molecule has 0 amide bonds. The first-order valence-corrected chi connectivity index (χ1v) is 6.75. The number of non-ortho nitro benzene ring substituents is 1. The van der Waals surface area contributed by atoms with Crippen molar-refractivity contribution >= 4 is 16.6 Å². The van der Waals surface area contributed by atoms with Crippen molar-refractivity contribution in [2.75, 3.05) is 0 Å². The lowest BCUT2D eigenvalue weighted by atomic mass is 9.96. The molecule has 1 aromatic carbocycles. The lowest BCUT2D eigenvalue weighted by Crippen LogP contribution is -2.24. The minimum atomic E-state index is -0.373. The van der Waals surface area contributed by atoms with Gasteiger partial charge in [0.05, 0.1) is 15.8 Å². The molecule has 0 radical (unpaired) electrons. The van der Waals surface area contributed by atoms with Gasteiger partial charge in [0, 0.05) is 18.3 Å². The molecule has 1 heterocycles. The molecule has 1 atom stereocenters. The summed E-state index contributed by atoms with van der Waals surface area (Å²) >= 11 is 0. The summed E-state index contributed by atoms with van der Waals surface area (Å²) in [6, 6.07) is 6.81. The molecule has 0 aliphatic rings. The van der Waals surface area contributed by atoms with Crippen LogP contribution in [0.2, 0.25) is 0 Å². The Morgan fingerprint density at radius 1 is 1.35 bits per heavy atom. The molecule has 20 heavy (non-hydrogen) atoms. The highest BCUT2D eigenvalue weighted by Crippen LogP contribution is 2.27. The number of hydrogen-bond donors (Lipinski definition) is 1. The highest BCUT2D eigenvalue weighted by atomic mass is 16.6. The molecule has 0 aliphatic carbocycles. The first-order valence-electron chi connectivity index (χ1n) is 6.75. The van der Waals surface area contributed by atoms with Crippen LogP contribution in [0.5, 0.6) is 0 Å². The molecular formula is C15H19N3O2. The standard InChI is InChI=1S/C15H19N3O2/c1-10(2)8-12(16)9-11-5-6-14(18(19)20)13-4-3-7-17-15(11)13/h3-7,10,12H,8-9,16H2,1-2H3. The highest BCUT2D eigenvalue weighted by molar-refractivity contribution is 5.90. The molecule has 0 spiro atoms. The van der Waals surface area contributed by atoms with Crippen LogP contribution >= 0.6 is 0 Å². The number of benzene rings is 1. The Labute approximate surface area is 118 Å². The van der Waals surface area contributed by atoms with E-state index < -0.39 is 0 Å². The molecule has 5 nitrogen and oxygen atoms in total. The van der Waals surface area contributed by atoms with Crippen LogP contribution in [0.1, 0.15) is 25.8 Å². The Kier molecular flexibility index (Phi) is 4.29. The van der Waals surface area contributed by atoms with Crippen molar-refractivity contribution < 1.29 is 4.92 Å². The van der Waals surface area contributed by atoms with Gasteiger partial charge in [-0.05, 0) is 42.5 Å². The van der Waals surface area contributed by atoms with E-state index in [9.17, 15) is 10.1 Å². The summed E-state index contributed by atoms with van der Waals surface area (Å²) in [6.45, 7) is 4.26. The van der Waals surface area contributed by atoms with Crippen molar-refractivity contribution in [3.8, 4) is 0 Å². The van der Waals surface area contributed by atoms with Crippen molar-refractivity contribution in [1.82, 2.24) is 4.98 Å².